The molecule has 1 aliphatic heterocycles. The second kappa shape index (κ2) is 3.23. The van der Waals surface area contributed by atoms with Crippen LogP contribution in [0.15, 0.2) is 18.2 Å². The first-order valence-electron chi connectivity index (χ1n) is 4.35. The summed E-state index contributed by atoms with van der Waals surface area (Å²) in [7, 11) is -3.37. The van der Waals surface area contributed by atoms with E-state index in [0.29, 0.717) is 6.42 Å². The molecule has 1 aromatic carbocycles. The molecule has 15 heavy (non-hydrogen) atoms. The Balaban J connectivity index is 2.60. The van der Waals surface area contributed by atoms with Gasteiger partial charge in [-0.1, -0.05) is 12.1 Å². The zero-order valence-corrected chi connectivity index (χ0v) is 8.54. The van der Waals surface area contributed by atoms with Crippen LogP contribution < -0.4 is 4.72 Å². The highest BCUT2D eigenvalue weighted by molar-refractivity contribution is 7.92. The predicted molar refractivity (Wildman–Crippen MR) is 54.5 cm³/mol. The van der Waals surface area contributed by atoms with E-state index in [4.69, 9.17) is 5.11 Å². The Bertz CT molecular complexity index is 521. The van der Waals surface area contributed by atoms with Crippen molar-refractivity contribution < 1.29 is 18.3 Å². The average molecular weight is 227 g/mol. The number of benzene rings is 1. The van der Waals surface area contributed by atoms with Crippen LogP contribution in [0.5, 0.6) is 0 Å². The molecule has 1 aromatic rings. The van der Waals surface area contributed by atoms with Gasteiger partial charge in [-0.2, -0.15) is 0 Å². The number of rotatable bonds is 1. The third-order valence-electron chi connectivity index (χ3n) is 2.28. The summed E-state index contributed by atoms with van der Waals surface area (Å²) in [5.41, 5.74) is 0.928. The first-order chi connectivity index (χ1) is 6.99. The minimum Gasteiger partial charge on any atom is -0.478 e. The van der Waals surface area contributed by atoms with E-state index in [1.807, 2.05) is 0 Å². The minimum atomic E-state index is -3.37. The van der Waals surface area contributed by atoms with Crippen molar-refractivity contribution >= 4 is 21.7 Å². The molecule has 0 bridgehead atoms. The Kier molecular flexibility index (Phi) is 2.15. The smallest absolute Gasteiger partial charge is 0.337 e. The quantitative estimate of drug-likeness (QED) is 0.739. The monoisotopic (exact) mass is 227 g/mol. The standard InChI is InChI=1S/C9H9NO4S/c11-9(12)7-3-1-2-6-4-5-15(13,14)10-8(6)7/h1-3,10H,4-5H2,(H,11,12). The number of anilines is 1. The number of aromatic carboxylic acids is 1. The number of hydrogen-bond acceptors (Lipinski definition) is 3. The maximum atomic E-state index is 11.3. The summed E-state index contributed by atoms with van der Waals surface area (Å²) in [5.74, 6) is -1.13. The van der Waals surface area contributed by atoms with Gasteiger partial charge in [0.25, 0.3) is 0 Å². The van der Waals surface area contributed by atoms with Crippen LogP contribution in [0.3, 0.4) is 0 Å². The summed E-state index contributed by atoms with van der Waals surface area (Å²) in [6.07, 6.45) is 0.353. The fourth-order valence-electron chi connectivity index (χ4n) is 1.56. The van der Waals surface area contributed by atoms with Crippen LogP contribution >= 0.6 is 0 Å². The maximum absolute atomic E-state index is 11.3. The van der Waals surface area contributed by atoms with Crippen LogP contribution in [0.2, 0.25) is 0 Å². The van der Waals surface area contributed by atoms with Crippen molar-refractivity contribution in [1.82, 2.24) is 0 Å². The number of aryl methyl sites for hydroxylation is 1. The van der Waals surface area contributed by atoms with Crippen LogP contribution in [0, 0.1) is 0 Å². The van der Waals surface area contributed by atoms with Gasteiger partial charge in [0.15, 0.2) is 0 Å². The molecule has 1 aliphatic rings. The predicted octanol–water partition coefficient (Wildman–Crippen LogP) is 0.683. The topological polar surface area (TPSA) is 83.5 Å². The van der Waals surface area contributed by atoms with Gasteiger partial charge < -0.3 is 5.11 Å². The van der Waals surface area contributed by atoms with Crippen LogP contribution in [-0.2, 0) is 16.4 Å². The molecule has 0 atom stereocenters. The highest BCUT2D eigenvalue weighted by Gasteiger charge is 2.24. The lowest BCUT2D eigenvalue weighted by Crippen LogP contribution is -2.25. The molecular weight excluding hydrogens is 218 g/mol. The van der Waals surface area contributed by atoms with E-state index in [2.05, 4.69) is 4.72 Å². The molecule has 1 heterocycles. The number of carboxylic acids is 1. The Morgan fingerprint density at radius 1 is 1.40 bits per heavy atom. The lowest BCUT2D eigenvalue weighted by molar-refractivity contribution is 0.0698. The summed E-state index contributed by atoms with van der Waals surface area (Å²) in [5, 5.41) is 8.88. The van der Waals surface area contributed by atoms with Crippen molar-refractivity contribution in [3.8, 4) is 0 Å². The van der Waals surface area contributed by atoms with Crippen LogP contribution in [0.1, 0.15) is 15.9 Å². The van der Waals surface area contributed by atoms with Crippen molar-refractivity contribution in [1.29, 1.82) is 0 Å². The number of hydrogen-bond donors (Lipinski definition) is 2. The van der Waals surface area contributed by atoms with E-state index in [9.17, 15) is 13.2 Å². The molecule has 0 spiro atoms. The molecule has 0 amide bonds. The minimum absolute atomic E-state index is 0.00305. The largest absolute Gasteiger partial charge is 0.478 e. The van der Waals surface area contributed by atoms with Crippen LogP contribution in [0.4, 0.5) is 5.69 Å². The lowest BCUT2D eigenvalue weighted by Gasteiger charge is -2.19. The Morgan fingerprint density at radius 3 is 2.80 bits per heavy atom. The van der Waals surface area contributed by atoms with E-state index < -0.39 is 16.0 Å². The summed E-state index contributed by atoms with van der Waals surface area (Å²) in [6.45, 7) is 0. The maximum Gasteiger partial charge on any atom is 0.337 e. The van der Waals surface area contributed by atoms with Gasteiger partial charge in [0.2, 0.25) is 10.0 Å². The van der Waals surface area contributed by atoms with E-state index in [-0.39, 0.29) is 17.0 Å². The normalized spacial score (nSPS) is 17.6. The van der Waals surface area contributed by atoms with Gasteiger partial charge in [-0.15, -0.1) is 0 Å². The molecular formula is C9H9NO4S. The molecule has 0 radical (unpaired) electrons. The van der Waals surface area contributed by atoms with Gasteiger partial charge in [-0.3, -0.25) is 4.72 Å². The fourth-order valence-corrected chi connectivity index (χ4v) is 2.70. The Labute approximate surface area is 86.8 Å². The molecule has 5 nitrogen and oxygen atoms in total. The average Bonchev–Trinajstić information content (AvgIpc) is 2.15. The van der Waals surface area contributed by atoms with Gasteiger partial charge in [-0.05, 0) is 18.1 Å². The van der Waals surface area contributed by atoms with E-state index in [1.165, 1.54) is 6.07 Å². The molecule has 0 saturated carbocycles. The molecule has 0 saturated heterocycles. The molecule has 6 heteroatoms. The molecule has 0 aliphatic carbocycles. The van der Waals surface area contributed by atoms with E-state index in [1.54, 1.807) is 12.1 Å². The summed E-state index contributed by atoms with van der Waals surface area (Å²) < 4.78 is 24.8. The number of nitrogens with one attached hydrogen (secondary N) is 1. The second-order valence-corrected chi connectivity index (χ2v) is 5.16. The third kappa shape index (κ3) is 1.80. The molecule has 0 unspecified atom stereocenters. The van der Waals surface area contributed by atoms with Gasteiger partial charge in [-0.25, -0.2) is 13.2 Å². The number of fused-ring (bicyclic) bond motifs is 1. The molecule has 0 aromatic heterocycles. The second-order valence-electron chi connectivity index (χ2n) is 3.32. The van der Waals surface area contributed by atoms with Crippen molar-refractivity contribution in [2.75, 3.05) is 10.5 Å². The number of carboxylic acid groups (broad SMARTS) is 1. The van der Waals surface area contributed by atoms with Gasteiger partial charge >= 0.3 is 5.97 Å². The van der Waals surface area contributed by atoms with Crippen molar-refractivity contribution in [2.45, 2.75) is 6.42 Å². The number of para-hydroxylation sites is 1. The number of carbonyl (C=O) groups is 1. The zero-order chi connectivity index (χ0) is 11.1. The molecule has 80 valence electrons. The first kappa shape index (κ1) is 9.97. The summed E-state index contributed by atoms with van der Waals surface area (Å²) in [6, 6.07) is 4.72. The highest BCUT2D eigenvalue weighted by Crippen LogP contribution is 2.27. The zero-order valence-electron chi connectivity index (χ0n) is 7.73. The fraction of sp³-hybridized carbons (Fsp3) is 0.222. The Hall–Kier alpha value is -1.56. The number of sulfonamides is 1. The SMILES string of the molecule is O=C(O)c1cccc2c1NS(=O)(=O)CC2. The third-order valence-corrected chi connectivity index (χ3v) is 3.54. The van der Waals surface area contributed by atoms with Crippen molar-refractivity contribution in [3.63, 3.8) is 0 Å². The Morgan fingerprint density at radius 2 is 2.13 bits per heavy atom. The van der Waals surface area contributed by atoms with Crippen LogP contribution in [-0.4, -0.2) is 25.2 Å². The summed E-state index contributed by atoms with van der Waals surface area (Å²) >= 11 is 0. The lowest BCUT2D eigenvalue weighted by atomic mass is 10.1. The molecule has 0 fully saturated rings. The molecule has 2 N–H and O–H groups in total. The molecule has 2 rings (SSSR count). The van der Waals surface area contributed by atoms with E-state index in [0.717, 1.165) is 5.56 Å². The highest BCUT2D eigenvalue weighted by atomic mass is 32.2. The van der Waals surface area contributed by atoms with Gasteiger partial charge in [0.05, 0.1) is 17.0 Å². The van der Waals surface area contributed by atoms with Crippen molar-refractivity contribution in [2.24, 2.45) is 0 Å². The first-order valence-corrected chi connectivity index (χ1v) is 6.00. The van der Waals surface area contributed by atoms with Crippen molar-refractivity contribution in [3.05, 3.63) is 29.3 Å². The van der Waals surface area contributed by atoms with Crippen LogP contribution in [0.25, 0.3) is 0 Å². The van der Waals surface area contributed by atoms with Gasteiger partial charge in [0, 0.05) is 0 Å². The van der Waals surface area contributed by atoms with Gasteiger partial charge in [0.1, 0.15) is 0 Å². The summed E-state index contributed by atoms with van der Waals surface area (Å²) in [4.78, 5) is 10.8. The van der Waals surface area contributed by atoms with E-state index >= 15 is 0 Å².